The van der Waals surface area contributed by atoms with E-state index in [4.69, 9.17) is 5.11 Å². The fourth-order valence-corrected chi connectivity index (χ4v) is 0.918. The molecular weight excluding hydrogens is 128 g/mol. The Bertz CT molecular complexity index is 120. The van der Waals surface area contributed by atoms with E-state index in [1.54, 1.807) is 6.92 Å². The van der Waals surface area contributed by atoms with Gasteiger partial charge in [0.05, 0.1) is 6.61 Å². The molecule has 0 aliphatic heterocycles. The molecule has 0 aliphatic carbocycles. The lowest BCUT2D eigenvalue weighted by Crippen LogP contribution is -2.29. The average Bonchev–Trinajstić information content (AvgIpc) is 1.88. The van der Waals surface area contributed by atoms with Crippen LogP contribution in [0.15, 0.2) is 0 Å². The van der Waals surface area contributed by atoms with Crippen molar-refractivity contribution < 1.29 is 9.90 Å². The fourth-order valence-electron chi connectivity index (χ4n) is 0.918. The average molecular weight is 144 g/mol. The van der Waals surface area contributed by atoms with Gasteiger partial charge in [-0.3, -0.25) is 4.79 Å². The largest absolute Gasteiger partial charge is 0.395 e. The number of carbonyl (C=O) groups excluding carboxylic acids is 1. The topological polar surface area (TPSA) is 37.3 Å². The van der Waals surface area contributed by atoms with Gasteiger partial charge in [0, 0.05) is 5.41 Å². The van der Waals surface area contributed by atoms with Crippen LogP contribution in [0, 0.1) is 5.41 Å². The minimum absolute atomic E-state index is 0.0316. The minimum Gasteiger partial charge on any atom is -0.395 e. The summed E-state index contributed by atoms with van der Waals surface area (Å²) < 4.78 is 0. The smallest absolute Gasteiger partial charge is 0.137 e. The summed E-state index contributed by atoms with van der Waals surface area (Å²) in [6.07, 6.45) is 1.72. The number of Topliss-reactive ketones (excluding diaryl/α,β-unsaturated/α-hetero) is 1. The van der Waals surface area contributed by atoms with Crippen LogP contribution < -0.4 is 0 Å². The first kappa shape index (κ1) is 9.63. The van der Waals surface area contributed by atoms with Crippen molar-refractivity contribution in [1.29, 1.82) is 0 Å². The molecule has 0 bridgehead atoms. The Balaban J connectivity index is 4.08. The first-order valence-corrected chi connectivity index (χ1v) is 3.68. The van der Waals surface area contributed by atoms with Crippen LogP contribution in [0.1, 0.15) is 33.6 Å². The van der Waals surface area contributed by atoms with Crippen LogP contribution in [0.4, 0.5) is 0 Å². The third-order valence-electron chi connectivity index (χ3n) is 2.00. The van der Waals surface area contributed by atoms with Crippen molar-refractivity contribution in [3.8, 4) is 0 Å². The summed E-state index contributed by atoms with van der Waals surface area (Å²) in [4.78, 5) is 10.9. The molecule has 0 radical (unpaired) electrons. The molecule has 10 heavy (non-hydrogen) atoms. The summed E-state index contributed by atoms with van der Waals surface area (Å²) in [5, 5.41) is 8.87. The van der Waals surface area contributed by atoms with Crippen LogP contribution in [0.2, 0.25) is 0 Å². The van der Waals surface area contributed by atoms with E-state index in [-0.39, 0.29) is 12.4 Å². The molecule has 0 spiro atoms. The van der Waals surface area contributed by atoms with E-state index in [2.05, 4.69) is 0 Å². The van der Waals surface area contributed by atoms with Crippen LogP contribution >= 0.6 is 0 Å². The summed E-state index contributed by atoms with van der Waals surface area (Å²) in [5.74, 6) is 0.0804. The maximum atomic E-state index is 10.9. The molecular formula is C8H16O2. The third kappa shape index (κ3) is 2.10. The molecule has 1 N–H and O–H groups in total. The molecule has 0 heterocycles. The van der Waals surface area contributed by atoms with Gasteiger partial charge in [-0.25, -0.2) is 0 Å². The van der Waals surface area contributed by atoms with Gasteiger partial charge in [0.15, 0.2) is 0 Å². The Morgan fingerprint density at radius 1 is 1.60 bits per heavy atom. The number of hydrogen-bond donors (Lipinski definition) is 1. The van der Waals surface area contributed by atoms with Crippen LogP contribution in [0.3, 0.4) is 0 Å². The molecule has 2 heteroatoms. The molecule has 1 atom stereocenters. The van der Waals surface area contributed by atoms with E-state index in [0.29, 0.717) is 0 Å². The van der Waals surface area contributed by atoms with Gasteiger partial charge in [-0.05, 0) is 13.3 Å². The lowest BCUT2D eigenvalue weighted by atomic mass is 9.83. The Kier molecular flexibility index (Phi) is 3.58. The van der Waals surface area contributed by atoms with Crippen molar-refractivity contribution in [2.75, 3.05) is 6.61 Å². The Labute approximate surface area is 62.2 Å². The highest BCUT2D eigenvalue weighted by atomic mass is 16.3. The number of aliphatic hydroxyl groups excluding tert-OH is 1. The van der Waals surface area contributed by atoms with E-state index in [1.807, 2.05) is 6.92 Å². The second-order valence-corrected chi connectivity index (χ2v) is 3.02. The number of carbonyl (C=O) groups is 1. The van der Waals surface area contributed by atoms with Gasteiger partial charge in [0.25, 0.3) is 0 Å². The second-order valence-electron chi connectivity index (χ2n) is 3.02. The lowest BCUT2D eigenvalue weighted by molar-refractivity contribution is -0.128. The van der Waals surface area contributed by atoms with E-state index in [9.17, 15) is 4.79 Å². The highest BCUT2D eigenvalue weighted by Gasteiger charge is 2.27. The van der Waals surface area contributed by atoms with Crippen molar-refractivity contribution in [1.82, 2.24) is 0 Å². The number of rotatable bonds is 4. The van der Waals surface area contributed by atoms with Crippen molar-refractivity contribution in [3.05, 3.63) is 0 Å². The maximum absolute atomic E-state index is 10.9. The molecule has 0 amide bonds. The van der Waals surface area contributed by atoms with E-state index in [1.165, 1.54) is 6.92 Å². The van der Waals surface area contributed by atoms with Gasteiger partial charge in [0.2, 0.25) is 0 Å². The molecule has 0 saturated heterocycles. The van der Waals surface area contributed by atoms with Gasteiger partial charge >= 0.3 is 0 Å². The normalized spacial score (nSPS) is 16.4. The SMILES string of the molecule is CCCC(C)(CO)C(C)=O. The quantitative estimate of drug-likeness (QED) is 0.647. The predicted molar refractivity (Wildman–Crippen MR) is 40.8 cm³/mol. The van der Waals surface area contributed by atoms with Gasteiger partial charge in [-0.15, -0.1) is 0 Å². The lowest BCUT2D eigenvalue weighted by Gasteiger charge is -2.22. The Morgan fingerprint density at radius 2 is 2.10 bits per heavy atom. The molecule has 60 valence electrons. The molecule has 0 aromatic rings. The molecule has 0 saturated carbocycles. The van der Waals surface area contributed by atoms with Crippen LogP contribution in [-0.2, 0) is 4.79 Å². The molecule has 1 unspecified atom stereocenters. The monoisotopic (exact) mass is 144 g/mol. The zero-order chi connectivity index (χ0) is 8.20. The van der Waals surface area contributed by atoms with Crippen molar-refractivity contribution in [2.45, 2.75) is 33.6 Å². The van der Waals surface area contributed by atoms with Crippen LogP contribution in [0.25, 0.3) is 0 Å². The second kappa shape index (κ2) is 3.71. The molecule has 0 aromatic heterocycles. The number of aliphatic hydroxyl groups is 1. The molecule has 0 fully saturated rings. The first-order chi connectivity index (χ1) is 4.56. The highest BCUT2D eigenvalue weighted by Crippen LogP contribution is 2.22. The summed E-state index contributed by atoms with van der Waals surface area (Å²) >= 11 is 0. The van der Waals surface area contributed by atoms with Gasteiger partial charge < -0.3 is 5.11 Å². The minimum atomic E-state index is -0.491. The summed E-state index contributed by atoms with van der Waals surface area (Å²) in [7, 11) is 0. The standard InChI is InChI=1S/C8H16O2/c1-4-5-8(3,6-9)7(2)10/h9H,4-6H2,1-3H3. The zero-order valence-corrected chi connectivity index (χ0v) is 6.98. The van der Waals surface area contributed by atoms with Gasteiger partial charge in [-0.2, -0.15) is 0 Å². The Morgan fingerprint density at radius 3 is 2.20 bits per heavy atom. The van der Waals surface area contributed by atoms with Gasteiger partial charge in [-0.1, -0.05) is 20.3 Å². The molecule has 0 rings (SSSR count). The van der Waals surface area contributed by atoms with Crippen molar-refractivity contribution in [2.24, 2.45) is 5.41 Å². The first-order valence-electron chi connectivity index (χ1n) is 3.68. The summed E-state index contributed by atoms with van der Waals surface area (Å²) in [6.45, 7) is 5.32. The van der Waals surface area contributed by atoms with Crippen LogP contribution in [-0.4, -0.2) is 17.5 Å². The number of hydrogen-bond acceptors (Lipinski definition) is 2. The van der Waals surface area contributed by atoms with E-state index >= 15 is 0 Å². The molecule has 2 nitrogen and oxygen atoms in total. The number of ketones is 1. The van der Waals surface area contributed by atoms with Crippen LogP contribution in [0.5, 0.6) is 0 Å². The fraction of sp³-hybridized carbons (Fsp3) is 0.875. The third-order valence-corrected chi connectivity index (χ3v) is 2.00. The van der Waals surface area contributed by atoms with E-state index in [0.717, 1.165) is 12.8 Å². The zero-order valence-electron chi connectivity index (χ0n) is 6.98. The predicted octanol–water partition coefficient (Wildman–Crippen LogP) is 1.37. The van der Waals surface area contributed by atoms with Crippen molar-refractivity contribution in [3.63, 3.8) is 0 Å². The summed E-state index contributed by atoms with van der Waals surface area (Å²) in [5.41, 5.74) is -0.491. The maximum Gasteiger partial charge on any atom is 0.137 e. The summed E-state index contributed by atoms with van der Waals surface area (Å²) in [6, 6.07) is 0. The van der Waals surface area contributed by atoms with E-state index < -0.39 is 5.41 Å². The Hall–Kier alpha value is -0.370. The highest BCUT2D eigenvalue weighted by molar-refractivity contribution is 5.81. The molecule has 0 aliphatic rings. The molecule has 0 aromatic carbocycles. The van der Waals surface area contributed by atoms with Crippen molar-refractivity contribution >= 4 is 5.78 Å². The van der Waals surface area contributed by atoms with Gasteiger partial charge in [0.1, 0.15) is 5.78 Å².